The van der Waals surface area contributed by atoms with Crippen molar-refractivity contribution in [3.05, 3.63) is 35.4 Å². The Bertz CT molecular complexity index is 387. The van der Waals surface area contributed by atoms with Gasteiger partial charge in [-0.3, -0.25) is 9.59 Å². The van der Waals surface area contributed by atoms with Crippen molar-refractivity contribution in [2.24, 2.45) is 5.73 Å². The topological polar surface area (TPSA) is 84.2 Å². The van der Waals surface area contributed by atoms with Crippen LogP contribution < -0.4 is 16.4 Å². The quantitative estimate of drug-likeness (QED) is 0.626. The third-order valence-corrected chi connectivity index (χ3v) is 2.21. The first-order valence-corrected chi connectivity index (χ1v) is 5.45. The number of nitrogens with two attached hydrogens (primary N) is 1. The lowest BCUT2D eigenvalue weighted by atomic mass is 10.1. The predicted octanol–water partition coefficient (Wildman–Crippen LogP) is -0.314. The summed E-state index contributed by atoms with van der Waals surface area (Å²) in [5, 5.41) is 4.94. The summed E-state index contributed by atoms with van der Waals surface area (Å²) >= 11 is 0. The molecule has 92 valence electrons. The molecule has 1 aromatic carbocycles. The second-order valence-corrected chi connectivity index (χ2v) is 3.71. The van der Waals surface area contributed by atoms with E-state index in [2.05, 4.69) is 10.6 Å². The second kappa shape index (κ2) is 6.65. The molecule has 17 heavy (non-hydrogen) atoms. The van der Waals surface area contributed by atoms with Crippen LogP contribution >= 0.6 is 0 Å². The van der Waals surface area contributed by atoms with Gasteiger partial charge in [0.05, 0.1) is 0 Å². The third-order valence-electron chi connectivity index (χ3n) is 2.21. The highest BCUT2D eigenvalue weighted by molar-refractivity contribution is 6.35. The molecule has 0 saturated heterocycles. The van der Waals surface area contributed by atoms with Crippen LogP contribution in [-0.4, -0.2) is 24.9 Å². The maximum Gasteiger partial charge on any atom is 0.309 e. The summed E-state index contributed by atoms with van der Waals surface area (Å²) in [6.07, 6.45) is 0. The first kappa shape index (κ1) is 13.2. The number of nitrogens with one attached hydrogen (secondary N) is 2. The van der Waals surface area contributed by atoms with Crippen LogP contribution in [0.4, 0.5) is 0 Å². The van der Waals surface area contributed by atoms with E-state index in [1.807, 2.05) is 31.2 Å². The van der Waals surface area contributed by atoms with E-state index in [1.54, 1.807) is 0 Å². The van der Waals surface area contributed by atoms with Gasteiger partial charge in [-0.15, -0.1) is 0 Å². The Morgan fingerprint density at radius 1 is 1.12 bits per heavy atom. The molecule has 0 aliphatic carbocycles. The summed E-state index contributed by atoms with van der Waals surface area (Å²) in [5.74, 6) is -1.29. The van der Waals surface area contributed by atoms with Crippen molar-refractivity contribution in [3.63, 3.8) is 0 Å². The molecule has 0 aliphatic rings. The SMILES string of the molecule is Cc1ccc(CNC(=O)C(=O)NCCN)cc1. The van der Waals surface area contributed by atoms with Gasteiger partial charge in [0.25, 0.3) is 0 Å². The monoisotopic (exact) mass is 235 g/mol. The Kier molecular flexibility index (Phi) is 5.16. The molecule has 4 N–H and O–H groups in total. The molecular formula is C12H17N3O2. The van der Waals surface area contributed by atoms with E-state index in [-0.39, 0.29) is 0 Å². The van der Waals surface area contributed by atoms with Gasteiger partial charge in [-0.25, -0.2) is 0 Å². The lowest BCUT2D eigenvalue weighted by molar-refractivity contribution is -0.139. The molecule has 0 atom stereocenters. The minimum atomic E-state index is -0.650. The molecule has 0 heterocycles. The van der Waals surface area contributed by atoms with Crippen molar-refractivity contribution in [1.82, 2.24) is 10.6 Å². The maximum absolute atomic E-state index is 11.3. The standard InChI is InChI=1S/C12H17N3O2/c1-9-2-4-10(5-3-9)8-15-12(17)11(16)14-7-6-13/h2-5H,6-8,13H2,1H3,(H,14,16)(H,15,17). The van der Waals surface area contributed by atoms with Crippen molar-refractivity contribution >= 4 is 11.8 Å². The minimum absolute atomic E-state index is 0.302. The van der Waals surface area contributed by atoms with Crippen LogP contribution in [0.2, 0.25) is 0 Å². The highest BCUT2D eigenvalue weighted by atomic mass is 16.2. The number of hydrogen-bond donors (Lipinski definition) is 3. The molecule has 1 aromatic rings. The normalized spacial score (nSPS) is 9.76. The summed E-state index contributed by atoms with van der Waals surface area (Å²) < 4.78 is 0. The Labute approximate surface area is 100 Å². The van der Waals surface area contributed by atoms with Crippen LogP contribution in [-0.2, 0) is 16.1 Å². The van der Waals surface area contributed by atoms with Crippen LogP contribution in [0.25, 0.3) is 0 Å². The van der Waals surface area contributed by atoms with Crippen LogP contribution in [0.1, 0.15) is 11.1 Å². The Hall–Kier alpha value is -1.88. The van der Waals surface area contributed by atoms with Gasteiger partial charge in [0.15, 0.2) is 0 Å². The highest BCUT2D eigenvalue weighted by Crippen LogP contribution is 2.02. The summed E-state index contributed by atoms with van der Waals surface area (Å²) in [6, 6.07) is 7.73. The average Bonchev–Trinajstić information content (AvgIpc) is 2.34. The zero-order valence-corrected chi connectivity index (χ0v) is 9.82. The third kappa shape index (κ3) is 4.65. The van der Waals surface area contributed by atoms with Crippen LogP contribution in [0, 0.1) is 6.92 Å². The second-order valence-electron chi connectivity index (χ2n) is 3.71. The Morgan fingerprint density at radius 3 is 2.29 bits per heavy atom. The number of aryl methyl sites for hydroxylation is 1. The van der Waals surface area contributed by atoms with Gasteiger partial charge >= 0.3 is 11.8 Å². The summed E-state index contributed by atoms with van der Waals surface area (Å²) in [6.45, 7) is 2.95. The number of carbonyl (C=O) groups excluding carboxylic acids is 2. The zero-order chi connectivity index (χ0) is 12.7. The van der Waals surface area contributed by atoms with Gasteiger partial charge in [-0.1, -0.05) is 29.8 Å². The molecule has 5 heteroatoms. The van der Waals surface area contributed by atoms with E-state index in [0.717, 1.165) is 11.1 Å². The van der Waals surface area contributed by atoms with Gasteiger partial charge in [0.2, 0.25) is 0 Å². The Balaban J connectivity index is 2.37. The molecule has 1 rings (SSSR count). The smallest absolute Gasteiger partial charge is 0.309 e. The van der Waals surface area contributed by atoms with Gasteiger partial charge in [0, 0.05) is 19.6 Å². The number of carbonyl (C=O) groups is 2. The van der Waals surface area contributed by atoms with Crippen LogP contribution in [0.3, 0.4) is 0 Å². The molecule has 0 radical (unpaired) electrons. The van der Waals surface area contributed by atoms with Gasteiger partial charge in [-0.05, 0) is 12.5 Å². The van der Waals surface area contributed by atoms with Crippen molar-refractivity contribution in [1.29, 1.82) is 0 Å². The maximum atomic E-state index is 11.3. The van der Waals surface area contributed by atoms with Gasteiger partial charge < -0.3 is 16.4 Å². The van der Waals surface area contributed by atoms with Gasteiger partial charge in [-0.2, -0.15) is 0 Å². The fraction of sp³-hybridized carbons (Fsp3) is 0.333. The van der Waals surface area contributed by atoms with E-state index in [1.165, 1.54) is 0 Å². The van der Waals surface area contributed by atoms with E-state index < -0.39 is 11.8 Å². The first-order chi connectivity index (χ1) is 8.13. The summed E-state index contributed by atoms with van der Waals surface area (Å²) in [5.41, 5.74) is 7.32. The number of benzene rings is 1. The van der Waals surface area contributed by atoms with Crippen LogP contribution in [0.15, 0.2) is 24.3 Å². The largest absolute Gasteiger partial charge is 0.347 e. The average molecular weight is 235 g/mol. The van der Waals surface area contributed by atoms with Crippen molar-refractivity contribution in [2.75, 3.05) is 13.1 Å². The van der Waals surface area contributed by atoms with E-state index >= 15 is 0 Å². The minimum Gasteiger partial charge on any atom is -0.347 e. The van der Waals surface area contributed by atoms with E-state index in [9.17, 15) is 9.59 Å². The highest BCUT2D eigenvalue weighted by Gasteiger charge is 2.11. The predicted molar refractivity (Wildman–Crippen MR) is 65.1 cm³/mol. The fourth-order valence-corrected chi connectivity index (χ4v) is 1.23. The number of amides is 2. The molecular weight excluding hydrogens is 218 g/mol. The fourth-order valence-electron chi connectivity index (χ4n) is 1.23. The Morgan fingerprint density at radius 2 is 1.71 bits per heavy atom. The molecule has 0 saturated carbocycles. The van der Waals surface area contributed by atoms with Crippen LogP contribution in [0.5, 0.6) is 0 Å². The number of hydrogen-bond acceptors (Lipinski definition) is 3. The molecule has 0 spiro atoms. The molecule has 0 unspecified atom stereocenters. The van der Waals surface area contributed by atoms with Crippen molar-refractivity contribution in [3.8, 4) is 0 Å². The molecule has 0 aliphatic heterocycles. The van der Waals surface area contributed by atoms with E-state index in [4.69, 9.17) is 5.73 Å². The molecule has 5 nitrogen and oxygen atoms in total. The summed E-state index contributed by atoms with van der Waals surface area (Å²) in [4.78, 5) is 22.5. The molecule has 2 amide bonds. The summed E-state index contributed by atoms with van der Waals surface area (Å²) in [7, 11) is 0. The van der Waals surface area contributed by atoms with Crippen molar-refractivity contribution in [2.45, 2.75) is 13.5 Å². The molecule has 0 fully saturated rings. The van der Waals surface area contributed by atoms with Crippen molar-refractivity contribution < 1.29 is 9.59 Å². The van der Waals surface area contributed by atoms with E-state index in [0.29, 0.717) is 19.6 Å². The number of rotatable bonds is 4. The van der Waals surface area contributed by atoms with Gasteiger partial charge in [0.1, 0.15) is 0 Å². The first-order valence-electron chi connectivity index (χ1n) is 5.45. The zero-order valence-electron chi connectivity index (χ0n) is 9.82. The lowest BCUT2D eigenvalue weighted by Crippen LogP contribution is -2.41. The molecule has 0 bridgehead atoms. The molecule has 0 aromatic heterocycles. The lowest BCUT2D eigenvalue weighted by Gasteiger charge is -2.05.